The zero-order chi connectivity index (χ0) is 27.6. The number of amides is 1. The highest BCUT2D eigenvalue weighted by molar-refractivity contribution is 6.32. The highest BCUT2D eigenvalue weighted by Crippen LogP contribution is 2.33. The van der Waals surface area contributed by atoms with Gasteiger partial charge in [-0.15, -0.1) is 5.10 Å². The number of halogens is 4. The highest BCUT2D eigenvalue weighted by atomic mass is 35.5. The van der Waals surface area contributed by atoms with Gasteiger partial charge in [-0.2, -0.15) is 18.3 Å². The smallest absolute Gasteiger partial charge is 0.322 e. The van der Waals surface area contributed by atoms with E-state index < -0.39 is 17.6 Å². The van der Waals surface area contributed by atoms with E-state index in [2.05, 4.69) is 32.3 Å². The maximum atomic E-state index is 13.6. The van der Waals surface area contributed by atoms with Gasteiger partial charge in [0.1, 0.15) is 5.69 Å². The first-order chi connectivity index (χ1) is 18.6. The summed E-state index contributed by atoms with van der Waals surface area (Å²) in [6, 6.07) is 11.5. The molecule has 0 aliphatic heterocycles. The Kier molecular flexibility index (Phi) is 7.40. The van der Waals surface area contributed by atoms with E-state index in [0.717, 1.165) is 24.2 Å². The van der Waals surface area contributed by atoms with Gasteiger partial charge in [0.2, 0.25) is 0 Å². The van der Waals surface area contributed by atoms with Gasteiger partial charge in [0, 0.05) is 28.7 Å². The van der Waals surface area contributed by atoms with E-state index in [1.54, 1.807) is 19.2 Å². The molecule has 1 amide bonds. The molecule has 1 fully saturated rings. The van der Waals surface area contributed by atoms with Gasteiger partial charge in [-0.25, -0.2) is 4.98 Å². The van der Waals surface area contributed by atoms with E-state index in [0.29, 0.717) is 27.9 Å². The summed E-state index contributed by atoms with van der Waals surface area (Å²) in [6.07, 6.45) is 3.04. The molecule has 1 aliphatic rings. The Morgan fingerprint density at radius 2 is 1.92 bits per heavy atom. The maximum absolute atomic E-state index is 13.6. The second kappa shape index (κ2) is 10.9. The molecule has 0 atom stereocenters. The van der Waals surface area contributed by atoms with Crippen LogP contribution in [0, 0.1) is 24.7 Å². The fourth-order valence-corrected chi connectivity index (χ4v) is 4.35. The molecule has 0 saturated heterocycles. The highest BCUT2D eigenvalue weighted by Gasteiger charge is 2.31. The van der Waals surface area contributed by atoms with Crippen molar-refractivity contribution in [1.29, 1.82) is 0 Å². The second-order valence-electron chi connectivity index (χ2n) is 9.50. The van der Waals surface area contributed by atoms with E-state index in [1.807, 2.05) is 6.07 Å². The molecule has 2 aromatic heterocycles. The molecule has 2 aromatic carbocycles. The number of aromatic nitrogens is 4. The third-order valence-corrected chi connectivity index (χ3v) is 6.84. The number of anilines is 1. The first-order valence-corrected chi connectivity index (χ1v) is 12.7. The summed E-state index contributed by atoms with van der Waals surface area (Å²) in [5.41, 5.74) is 1.89. The summed E-state index contributed by atoms with van der Waals surface area (Å²) in [6.45, 7) is 1.73. The molecule has 4 aromatic rings. The standard InChI is InChI=1S/C29H23ClF3N5O/c1-18-16-38(17-34-18)26-14-22(29(31,32)33)13-25(15-26)35-28(39)21-6-10-27(30)20(12-21)5-7-23-8-9-24(37-36-23)11-19-3-2-4-19/h6,8-10,12-17,19H,2-4,11H2,1H3,(H,35,39). The largest absolute Gasteiger partial charge is 0.416 e. The lowest BCUT2D eigenvalue weighted by atomic mass is 9.82. The van der Waals surface area contributed by atoms with Crippen LogP contribution in [0.3, 0.4) is 0 Å². The Balaban J connectivity index is 1.35. The van der Waals surface area contributed by atoms with E-state index in [4.69, 9.17) is 11.6 Å². The van der Waals surface area contributed by atoms with E-state index >= 15 is 0 Å². The minimum Gasteiger partial charge on any atom is -0.322 e. The SMILES string of the molecule is Cc1cn(-c2cc(NC(=O)c3ccc(Cl)c(C#Cc4ccc(CC5CCC5)nn4)c3)cc(C(F)(F)F)c2)cn1. The van der Waals surface area contributed by atoms with Crippen molar-refractivity contribution in [3.63, 3.8) is 0 Å². The summed E-state index contributed by atoms with van der Waals surface area (Å²) in [4.78, 5) is 17.1. The van der Waals surface area contributed by atoms with Gasteiger partial charge in [-0.1, -0.05) is 36.8 Å². The minimum atomic E-state index is -4.60. The Labute approximate surface area is 228 Å². The molecular formula is C29H23ClF3N5O. The normalized spacial score (nSPS) is 13.4. The summed E-state index contributed by atoms with van der Waals surface area (Å²) in [5, 5.41) is 11.3. The maximum Gasteiger partial charge on any atom is 0.416 e. The summed E-state index contributed by atoms with van der Waals surface area (Å²) < 4.78 is 42.2. The van der Waals surface area contributed by atoms with Gasteiger partial charge >= 0.3 is 6.18 Å². The molecule has 6 nitrogen and oxygen atoms in total. The van der Waals surface area contributed by atoms with Crippen molar-refractivity contribution in [1.82, 2.24) is 19.7 Å². The number of rotatable bonds is 5. The van der Waals surface area contributed by atoms with E-state index in [1.165, 1.54) is 54.4 Å². The number of imidazole rings is 1. The van der Waals surface area contributed by atoms with Crippen LogP contribution in [-0.4, -0.2) is 25.7 Å². The molecule has 0 bridgehead atoms. The Morgan fingerprint density at radius 1 is 1.10 bits per heavy atom. The van der Waals surface area contributed by atoms with Gasteiger partial charge in [0.15, 0.2) is 0 Å². The topological polar surface area (TPSA) is 72.7 Å². The monoisotopic (exact) mass is 549 g/mol. The van der Waals surface area contributed by atoms with Crippen LogP contribution in [0.15, 0.2) is 61.1 Å². The fraction of sp³-hybridized carbons (Fsp3) is 0.241. The van der Waals surface area contributed by atoms with Crippen LogP contribution in [-0.2, 0) is 12.6 Å². The number of hydrogen-bond donors (Lipinski definition) is 1. The van der Waals surface area contributed by atoms with Crippen molar-refractivity contribution in [3.8, 4) is 17.5 Å². The zero-order valence-electron chi connectivity index (χ0n) is 20.9. The van der Waals surface area contributed by atoms with Crippen molar-refractivity contribution in [2.24, 2.45) is 5.92 Å². The van der Waals surface area contributed by atoms with Gasteiger partial charge in [0.25, 0.3) is 5.91 Å². The van der Waals surface area contributed by atoms with E-state index in [9.17, 15) is 18.0 Å². The van der Waals surface area contributed by atoms with Crippen LogP contribution in [0.4, 0.5) is 18.9 Å². The number of carbonyl (C=O) groups excluding carboxylic acids is 1. The van der Waals surface area contributed by atoms with Crippen LogP contribution < -0.4 is 5.32 Å². The average molecular weight is 550 g/mol. The lowest BCUT2D eigenvalue weighted by molar-refractivity contribution is -0.137. The molecule has 0 unspecified atom stereocenters. The molecule has 0 radical (unpaired) electrons. The van der Waals surface area contributed by atoms with Crippen LogP contribution in [0.25, 0.3) is 5.69 Å². The molecule has 39 heavy (non-hydrogen) atoms. The Bertz CT molecular complexity index is 1580. The quantitative estimate of drug-likeness (QED) is 0.283. The van der Waals surface area contributed by atoms with Gasteiger partial charge in [0.05, 0.1) is 28.3 Å². The number of carbonyl (C=O) groups is 1. The van der Waals surface area contributed by atoms with Crippen molar-refractivity contribution in [3.05, 3.63) is 99.8 Å². The van der Waals surface area contributed by atoms with E-state index in [-0.39, 0.29) is 16.9 Å². The molecule has 1 N–H and O–H groups in total. The molecule has 1 aliphatic carbocycles. The first-order valence-electron chi connectivity index (χ1n) is 12.3. The van der Waals surface area contributed by atoms with Gasteiger partial charge in [-0.3, -0.25) is 4.79 Å². The summed E-state index contributed by atoms with van der Waals surface area (Å²) in [7, 11) is 0. The van der Waals surface area contributed by atoms with Crippen LogP contribution in [0.2, 0.25) is 5.02 Å². The molecule has 10 heteroatoms. The molecule has 0 spiro atoms. The van der Waals surface area contributed by atoms with Crippen LogP contribution in [0.5, 0.6) is 0 Å². The van der Waals surface area contributed by atoms with Crippen molar-refractivity contribution < 1.29 is 18.0 Å². The predicted octanol–water partition coefficient (Wildman–Crippen LogP) is 6.64. The molecule has 2 heterocycles. The van der Waals surface area contributed by atoms with Gasteiger partial charge < -0.3 is 9.88 Å². The average Bonchev–Trinajstić information content (AvgIpc) is 3.32. The molecule has 5 rings (SSSR count). The summed E-state index contributed by atoms with van der Waals surface area (Å²) in [5.74, 6) is 5.89. The van der Waals surface area contributed by atoms with Gasteiger partial charge in [-0.05, 0) is 73.7 Å². The Morgan fingerprint density at radius 3 is 2.56 bits per heavy atom. The second-order valence-corrected chi connectivity index (χ2v) is 9.91. The molecule has 1 saturated carbocycles. The van der Waals surface area contributed by atoms with Crippen LogP contribution in [0.1, 0.15) is 57.8 Å². The zero-order valence-corrected chi connectivity index (χ0v) is 21.6. The lowest BCUT2D eigenvalue weighted by Gasteiger charge is -2.24. The minimum absolute atomic E-state index is 0.0176. The molecule has 198 valence electrons. The first kappa shape index (κ1) is 26.4. The number of benzene rings is 2. The predicted molar refractivity (Wildman–Crippen MR) is 142 cm³/mol. The van der Waals surface area contributed by atoms with Crippen LogP contribution >= 0.6 is 11.6 Å². The van der Waals surface area contributed by atoms with Crippen molar-refractivity contribution >= 4 is 23.2 Å². The third-order valence-electron chi connectivity index (χ3n) is 6.51. The van der Waals surface area contributed by atoms with Crippen molar-refractivity contribution in [2.45, 2.75) is 38.8 Å². The number of hydrogen-bond acceptors (Lipinski definition) is 4. The Hall–Kier alpha value is -4.16. The third kappa shape index (κ3) is 6.47. The number of aryl methyl sites for hydroxylation is 1. The number of alkyl halides is 3. The van der Waals surface area contributed by atoms with Crippen molar-refractivity contribution in [2.75, 3.05) is 5.32 Å². The summed E-state index contributed by atoms with van der Waals surface area (Å²) >= 11 is 6.29. The number of nitrogens with one attached hydrogen (secondary N) is 1. The lowest BCUT2D eigenvalue weighted by Crippen LogP contribution is -2.14. The molecular weight excluding hydrogens is 527 g/mol. The fourth-order valence-electron chi connectivity index (χ4n) is 4.18. The number of nitrogens with zero attached hydrogens (tertiary/aromatic N) is 4.